The molecule has 1 aromatic heterocycles. The largest absolute Gasteiger partial charge is 0.295 e. The second kappa shape index (κ2) is 6.84. The number of fused-ring (bicyclic) bond motifs is 1. The van der Waals surface area contributed by atoms with E-state index in [1.54, 1.807) is 11.6 Å². The van der Waals surface area contributed by atoms with E-state index in [0.29, 0.717) is 11.0 Å². The van der Waals surface area contributed by atoms with Crippen molar-refractivity contribution in [2.75, 3.05) is 0 Å². The number of ketones is 1. The van der Waals surface area contributed by atoms with Gasteiger partial charge in [0.05, 0.1) is 11.9 Å². The van der Waals surface area contributed by atoms with Crippen LogP contribution >= 0.6 is 0 Å². The van der Waals surface area contributed by atoms with Gasteiger partial charge in [-0.25, -0.2) is 4.68 Å². The SMILES string of the molecule is C=C1CCC[C@]2(C)CCC(c3cn(-c4ccc(C(C)=O)cc4)nn3)=CC[C@@]12C. The van der Waals surface area contributed by atoms with Gasteiger partial charge in [0.25, 0.3) is 0 Å². The van der Waals surface area contributed by atoms with Crippen molar-refractivity contribution in [3.05, 3.63) is 59.9 Å². The summed E-state index contributed by atoms with van der Waals surface area (Å²) in [6.07, 6.45) is 11.3. The summed E-state index contributed by atoms with van der Waals surface area (Å²) in [7, 11) is 0. The molecule has 0 unspecified atom stereocenters. The highest BCUT2D eigenvalue weighted by atomic mass is 16.1. The Morgan fingerprint density at radius 3 is 2.61 bits per heavy atom. The van der Waals surface area contributed by atoms with Crippen molar-refractivity contribution >= 4 is 11.4 Å². The summed E-state index contributed by atoms with van der Waals surface area (Å²) in [4.78, 5) is 11.5. The maximum Gasteiger partial charge on any atom is 0.159 e. The van der Waals surface area contributed by atoms with E-state index in [1.807, 2.05) is 30.5 Å². The predicted octanol–water partition coefficient (Wildman–Crippen LogP) is 5.79. The molecule has 2 aromatic rings. The van der Waals surface area contributed by atoms with E-state index < -0.39 is 0 Å². The number of carbonyl (C=O) groups is 1. The van der Waals surface area contributed by atoms with Gasteiger partial charge < -0.3 is 0 Å². The lowest BCUT2D eigenvalue weighted by atomic mass is 9.54. The number of Topliss-reactive ketones (excluding diaryl/α,β-unsaturated/α-hetero) is 1. The van der Waals surface area contributed by atoms with Crippen LogP contribution in [0.1, 0.15) is 75.3 Å². The van der Waals surface area contributed by atoms with Crippen LogP contribution in [0.25, 0.3) is 11.3 Å². The highest BCUT2D eigenvalue weighted by Gasteiger charge is 2.48. The molecule has 1 heterocycles. The number of rotatable bonds is 3. The monoisotopic (exact) mass is 375 g/mol. The fraction of sp³-hybridized carbons (Fsp3) is 0.458. The lowest BCUT2D eigenvalue weighted by Crippen LogP contribution is -2.41. The first-order valence-corrected chi connectivity index (χ1v) is 10.2. The van der Waals surface area contributed by atoms with Gasteiger partial charge in [-0.15, -0.1) is 5.10 Å². The Hall–Kier alpha value is -2.49. The molecule has 1 aromatic carbocycles. The molecular weight excluding hydrogens is 346 g/mol. The van der Waals surface area contributed by atoms with E-state index in [2.05, 4.69) is 36.8 Å². The quantitative estimate of drug-likeness (QED) is 0.504. The minimum atomic E-state index is 0.0690. The third-order valence-electron chi connectivity index (χ3n) is 7.38. The van der Waals surface area contributed by atoms with Gasteiger partial charge in [0.1, 0.15) is 5.69 Å². The molecule has 28 heavy (non-hydrogen) atoms. The summed E-state index contributed by atoms with van der Waals surface area (Å²) in [5.41, 5.74) is 5.75. The third kappa shape index (κ3) is 3.05. The number of benzene rings is 1. The molecule has 2 aliphatic carbocycles. The maximum atomic E-state index is 11.5. The van der Waals surface area contributed by atoms with Crippen LogP contribution in [0.5, 0.6) is 0 Å². The first kappa shape index (κ1) is 18.9. The molecule has 0 N–H and O–H groups in total. The molecule has 4 rings (SSSR count). The second-order valence-electron chi connectivity index (χ2n) is 8.93. The van der Waals surface area contributed by atoms with Crippen molar-refractivity contribution in [1.29, 1.82) is 0 Å². The summed E-state index contributed by atoms with van der Waals surface area (Å²) >= 11 is 0. The van der Waals surface area contributed by atoms with Gasteiger partial charge in [0.2, 0.25) is 0 Å². The summed E-state index contributed by atoms with van der Waals surface area (Å²) in [6, 6.07) is 7.50. The summed E-state index contributed by atoms with van der Waals surface area (Å²) in [5, 5.41) is 8.78. The normalized spacial score (nSPS) is 27.7. The molecule has 0 amide bonds. The van der Waals surface area contributed by atoms with Gasteiger partial charge in [-0.1, -0.05) is 37.3 Å². The van der Waals surface area contributed by atoms with Gasteiger partial charge in [0, 0.05) is 5.56 Å². The molecule has 0 bridgehead atoms. The summed E-state index contributed by atoms with van der Waals surface area (Å²) in [6.45, 7) is 10.9. The average Bonchev–Trinajstić information content (AvgIpc) is 3.11. The number of carbonyl (C=O) groups excluding carboxylic acids is 1. The third-order valence-corrected chi connectivity index (χ3v) is 7.38. The van der Waals surface area contributed by atoms with Gasteiger partial charge in [0.15, 0.2) is 5.78 Å². The second-order valence-corrected chi connectivity index (χ2v) is 8.93. The number of hydrogen-bond donors (Lipinski definition) is 0. The zero-order chi connectivity index (χ0) is 19.9. The van der Waals surface area contributed by atoms with E-state index in [4.69, 9.17) is 0 Å². The van der Waals surface area contributed by atoms with Crippen LogP contribution in [0.4, 0.5) is 0 Å². The van der Waals surface area contributed by atoms with Crippen LogP contribution in [0, 0.1) is 10.8 Å². The number of allylic oxidation sites excluding steroid dienone is 3. The first-order chi connectivity index (χ1) is 13.3. The molecule has 146 valence electrons. The van der Waals surface area contributed by atoms with Crippen molar-refractivity contribution in [2.45, 2.75) is 59.3 Å². The highest BCUT2D eigenvalue weighted by molar-refractivity contribution is 5.94. The summed E-state index contributed by atoms with van der Waals surface area (Å²) < 4.78 is 1.79. The summed E-state index contributed by atoms with van der Waals surface area (Å²) in [5.74, 6) is 0.0690. The molecule has 0 aliphatic heterocycles. The molecule has 2 atom stereocenters. The van der Waals surface area contributed by atoms with Crippen LogP contribution in [-0.2, 0) is 0 Å². The Balaban J connectivity index is 1.59. The van der Waals surface area contributed by atoms with Crippen molar-refractivity contribution in [3.63, 3.8) is 0 Å². The number of hydrogen-bond acceptors (Lipinski definition) is 3. The molecule has 0 spiro atoms. The van der Waals surface area contributed by atoms with Crippen molar-refractivity contribution < 1.29 is 4.79 Å². The minimum Gasteiger partial charge on any atom is -0.295 e. The van der Waals surface area contributed by atoms with Crippen molar-refractivity contribution in [3.8, 4) is 5.69 Å². The van der Waals surface area contributed by atoms with Gasteiger partial charge in [-0.05, 0) is 86.1 Å². The first-order valence-electron chi connectivity index (χ1n) is 10.2. The van der Waals surface area contributed by atoms with Gasteiger partial charge >= 0.3 is 0 Å². The zero-order valence-electron chi connectivity index (χ0n) is 17.2. The fourth-order valence-electron chi connectivity index (χ4n) is 4.92. The fourth-order valence-corrected chi connectivity index (χ4v) is 4.92. The Morgan fingerprint density at radius 2 is 1.89 bits per heavy atom. The molecule has 2 aliphatic rings. The molecule has 4 nitrogen and oxygen atoms in total. The maximum absolute atomic E-state index is 11.5. The van der Waals surface area contributed by atoms with Crippen LogP contribution in [-0.4, -0.2) is 20.8 Å². The number of nitrogens with zero attached hydrogens (tertiary/aromatic N) is 3. The smallest absolute Gasteiger partial charge is 0.159 e. The Morgan fingerprint density at radius 1 is 1.14 bits per heavy atom. The molecule has 1 saturated carbocycles. The van der Waals surface area contributed by atoms with Crippen LogP contribution < -0.4 is 0 Å². The molecular formula is C24H29N3O. The molecule has 1 fully saturated rings. The van der Waals surface area contributed by atoms with Gasteiger partial charge in [-0.2, -0.15) is 0 Å². The van der Waals surface area contributed by atoms with Gasteiger partial charge in [-0.3, -0.25) is 4.79 Å². The van der Waals surface area contributed by atoms with E-state index >= 15 is 0 Å². The Bertz CT molecular complexity index is 952. The van der Waals surface area contributed by atoms with Crippen LogP contribution in [0.3, 0.4) is 0 Å². The van der Waals surface area contributed by atoms with E-state index in [-0.39, 0.29) is 11.2 Å². The van der Waals surface area contributed by atoms with Crippen LogP contribution in [0.15, 0.2) is 48.7 Å². The lowest BCUT2D eigenvalue weighted by molar-refractivity contribution is 0.0645. The van der Waals surface area contributed by atoms with Crippen molar-refractivity contribution in [2.24, 2.45) is 10.8 Å². The van der Waals surface area contributed by atoms with E-state index in [1.165, 1.54) is 24.0 Å². The van der Waals surface area contributed by atoms with Crippen molar-refractivity contribution in [1.82, 2.24) is 15.0 Å². The zero-order valence-corrected chi connectivity index (χ0v) is 17.2. The number of aromatic nitrogens is 3. The highest BCUT2D eigenvalue weighted by Crippen LogP contribution is 2.59. The lowest BCUT2D eigenvalue weighted by Gasteiger charge is -2.51. The minimum absolute atomic E-state index is 0.0690. The Kier molecular flexibility index (Phi) is 4.60. The van der Waals surface area contributed by atoms with E-state index in [9.17, 15) is 4.79 Å². The molecule has 4 heteroatoms. The molecule has 0 radical (unpaired) electrons. The van der Waals surface area contributed by atoms with Crippen LogP contribution in [0.2, 0.25) is 0 Å². The average molecular weight is 376 g/mol. The molecule has 0 saturated heterocycles. The van der Waals surface area contributed by atoms with E-state index in [0.717, 1.165) is 37.1 Å². The Labute approximate surface area is 167 Å². The predicted molar refractivity (Wildman–Crippen MR) is 112 cm³/mol. The standard InChI is InChI=1S/C24H29N3O/c1-17-6-5-13-23(3)14-11-20(12-15-24(17,23)4)22-16-27(26-25-22)21-9-7-19(8-10-21)18(2)28/h7-10,12,16H,1,5-6,11,13-15H2,2-4H3/t23-,24+/m1/s1. The topological polar surface area (TPSA) is 47.8 Å².